The summed E-state index contributed by atoms with van der Waals surface area (Å²) in [6.07, 6.45) is 4.92. The van der Waals surface area contributed by atoms with Gasteiger partial charge in [0.2, 0.25) is 5.91 Å². The Morgan fingerprint density at radius 1 is 1.23 bits per heavy atom. The van der Waals surface area contributed by atoms with Crippen molar-refractivity contribution < 1.29 is 4.79 Å². The minimum Gasteiger partial charge on any atom is -0.306 e. The molecule has 3 aromatic rings. The lowest BCUT2D eigenvalue weighted by Gasteiger charge is -2.11. The van der Waals surface area contributed by atoms with Gasteiger partial charge in [-0.1, -0.05) is 36.7 Å². The van der Waals surface area contributed by atoms with Gasteiger partial charge in [-0.25, -0.2) is 4.98 Å². The predicted octanol–water partition coefficient (Wildman–Crippen LogP) is 5.43. The molecule has 2 aromatic heterocycles. The molecule has 1 amide bonds. The summed E-state index contributed by atoms with van der Waals surface area (Å²) in [7, 11) is 0. The van der Waals surface area contributed by atoms with E-state index in [1.54, 1.807) is 0 Å². The van der Waals surface area contributed by atoms with Crippen molar-refractivity contribution in [1.29, 1.82) is 0 Å². The van der Waals surface area contributed by atoms with Crippen LogP contribution in [0.3, 0.4) is 0 Å². The van der Waals surface area contributed by atoms with Gasteiger partial charge < -0.3 is 9.88 Å². The van der Waals surface area contributed by atoms with Crippen LogP contribution in [-0.4, -0.2) is 31.4 Å². The van der Waals surface area contributed by atoms with Crippen LogP contribution in [-0.2, 0) is 11.3 Å². The summed E-state index contributed by atoms with van der Waals surface area (Å²) in [5, 5.41) is 15.1. The van der Waals surface area contributed by atoms with E-state index < -0.39 is 0 Å². The third kappa shape index (κ3) is 4.59. The van der Waals surface area contributed by atoms with Crippen molar-refractivity contribution in [2.45, 2.75) is 64.1 Å². The molecule has 8 heteroatoms. The number of benzene rings is 1. The third-order valence-corrected chi connectivity index (χ3v) is 7.39. The van der Waals surface area contributed by atoms with Crippen LogP contribution < -0.4 is 5.32 Å². The summed E-state index contributed by atoms with van der Waals surface area (Å²) < 4.78 is 2.16. The number of nitrogens with one attached hydrogen (secondary N) is 1. The van der Waals surface area contributed by atoms with Crippen LogP contribution >= 0.6 is 23.1 Å². The highest BCUT2D eigenvalue weighted by molar-refractivity contribution is 7.99. The van der Waals surface area contributed by atoms with Crippen LogP contribution in [0.5, 0.6) is 0 Å². The summed E-state index contributed by atoms with van der Waals surface area (Å²) >= 11 is 2.89. The van der Waals surface area contributed by atoms with E-state index in [0.717, 1.165) is 28.8 Å². The minimum atomic E-state index is -0.0749. The lowest BCUT2D eigenvalue weighted by molar-refractivity contribution is -0.113. The Morgan fingerprint density at radius 3 is 2.77 bits per heavy atom. The molecule has 0 unspecified atom stereocenters. The van der Waals surface area contributed by atoms with Crippen molar-refractivity contribution in [3.05, 3.63) is 40.5 Å². The van der Waals surface area contributed by atoms with Gasteiger partial charge >= 0.3 is 0 Å². The summed E-state index contributed by atoms with van der Waals surface area (Å²) in [6.45, 7) is 7.13. The maximum absolute atomic E-state index is 12.5. The number of aryl methyl sites for hydroxylation is 2. The molecule has 158 valence electrons. The normalized spacial score (nSPS) is 14.4. The highest BCUT2D eigenvalue weighted by atomic mass is 32.2. The number of nitrogens with zero attached hydrogens (tertiary/aromatic N) is 4. The van der Waals surface area contributed by atoms with Crippen LogP contribution in [0.4, 0.5) is 5.13 Å². The van der Waals surface area contributed by atoms with E-state index in [1.807, 2.05) is 5.38 Å². The van der Waals surface area contributed by atoms with Gasteiger partial charge in [0.1, 0.15) is 5.82 Å². The quantitative estimate of drug-likeness (QED) is 0.495. The smallest absolute Gasteiger partial charge is 0.236 e. The van der Waals surface area contributed by atoms with Gasteiger partial charge in [0.15, 0.2) is 10.3 Å². The van der Waals surface area contributed by atoms with Crippen LogP contribution in [0, 0.1) is 13.8 Å². The fourth-order valence-corrected chi connectivity index (χ4v) is 5.39. The second kappa shape index (κ2) is 9.31. The van der Waals surface area contributed by atoms with Gasteiger partial charge in [0.05, 0.1) is 11.4 Å². The highest BCUT2D eigenvalue weighted by Crippen LogP contribution is 2.34. The first kappa shape index (κ1) is 21.1. The molecule has 0 saturated heterocycles. The van der Waals surface area contributed by atoms with Crippen LogP contribution in [0.15, 0.2) is 28.7 Å². The number of hydrogen-bond donors (Lipinski definition) is 1. The molecular formula is C22H27N5OS2. The molecule has 30 heavy (non-hydrogen) atoms. The molecular weight excluding hydrogens is 414 g/mol. The number of anilines is 1. The maximum atomic E-state index is 12.5. The monoisotopic (exact) mass is 441 g/mol. The molecule has 4 rings (SSSR count). The number of rotatable bonds is 7. The summed E-state index contributed by atoms with van der Waals surface area (Å²) in [5.41, 5.74) is 4.45. The average Bonchev–Trinajstić information content (AvgIpc) is 3.48. The van der Waals surface area contributed by atoms with Crippen molar-refractivity contribution in [2.75, 3.05) is 11.1 Å². The van der Waals surface area contributed by atoms with Crippen LogP contribution in [0.1, 0.15) is 55.5 Å². The van der Waals surface area contributed by atoms with Crippen molar-refractivity contribution in [3.8, 4) is 11.3 Å². The molecule has 1 aliphatic carbocycles. The number of thioether (sulfide) groups is 1. The van der Waals surface area contributed by atoms with Crippen molar-refractivity contribution >= 4 is 34.1 Å². The zero-order valence-electron chi connectivity index (χ0n) is 17.6. The molecule has 0 radical (unpaired) electrons. The van der Waals surface area contributed by atoms with E-state index >= 15 is 0 Å². The van der Waals surface area contributed by atoms with Gasteiger partial charge in [0, 0.05) is 23.4 Å². The minimum absolute atomic E-state index is 0.0749. The first-order valence-corrected chi connectivity index (χ1v) is 12.3. The highest BCUT2D eigenvalue weighted by Gasteiger charge is 2.24. The molecule has 1 saturated carbocycles. The van der Waals surface area contributed by atoms with E-state index in [1.165, 1.54) is 59.9 Å². The molecule has 1 aliphatic rings. The standard InChI is InChI=1S/C22H27N5OS2/c1-4-27-20(16-7-5-6-8-16)25-26-22(27)30-13-19(28)24-21-23-18(12-29-21)17-10-9-14(2)15(3)11-17/h9-12,16H,4-8,13H2,1-3H3,(H,23,24,28). The lowest BCUT2D eigenvalue weighted by atomic mass is 10.1. The fourth-order valence-electron chi connectivity index (χ4n) is 3.84. The number of aromatic nitrogens is 4. The molecule has 0 bridgehead atoms. The summed E-state index contributed by atoms with van der Waals surface area (Å²) in [4.78, 5) is 17.1. The van der Waals surface area contributed by atoms with Crippen LogP contribution in [0.2, 0.25) is 0 Å². The Kier molecular flexibility index (Phi) is 6.53. The van der Waals surface area contributed by atoms with Gasteiger partial charge in [-0.15, -0.1) is 21.5 Å². The van der Waals surface area contributed by atoms with Gasteiger partial charge in [-0.2, -0.15) is 0 Å². The molecule has 0 aliphatic heterocycles. The third-order valence-electron chi connectivity index (χ3n) is 5.67. The molecule has 6 nitrogen and oxygen atoms in total. The molecule has 1 N–H and O–H groups in total. The Hall–Kier alpha value is -2.19. The van der Waals surface area contributed by atoms with Crippen molar-refractivity contribution in [1.82, 2.24) is 19.7 Å². The topological polar surface area (TPSA) is 72.7 Å². The summed E-state index contributed by atoms with van der Waals surface area (Å²) in [5.74, 6) is 1.81. The Bertz CT molecular complexity index is 1040. The zero-order chi connectivity index (χ0) is 21.1. The Morgan fingerprint density at radius 2 is 2.03 bits per heavy atom. The van der Waals surface area contributed by atoms with E-state index in [0.29, 0.717) is 16.8 Å². The number of amides is 1. The number of carbonyl (C=O) groups excluding carboxylic acids is 1. The second-order valence-corrected chi connectivity index (χ2v) is 9.54. The number of hydrogen-bond acceptors (Lipinski definition) is 6. The van der Waals surface area contributed by atoms with Gasteiger partial charge in [-0.05, 0) is 50.8 Å². The SMILES string of the molecule is CCn1c(SCC(=O)Nc2nc(-c3ccc(C)c(C)c3)cs2)nnc1C1CCCC1. The van der Waals surface area contributed by atoms with Gasteiger partial charge in [-0.3, -0.25) is 4.79 Å². The first-order valence-electron chi connectivity index (χ1n) is 10.4. The van der Waals surface area contributed by atoms with E-state index in [2.05, 4.69) is 64.0 Å². The Balaban J connectivity index is 1.36. The first-order chi connectivity index (χ1) is 14.5. The Labute approximate surface area is 185 Å². The maximum Gasteiger partial charge on any atom is 0.236 e. The predicted molar refractivity (Wildman–Crippen MR) is 123 cm³/mol. The number of thiazole rings is 1. The van der Waals surface area contributed by atoms with E-state index in [9.17, 15) is 4.79 Å². The summed E-state index contributed by atoms with van der Waals surface area (Å²) in [6, 6.07) is 6.30. The van der Waals surface area contributed by atoms with Crippen LogP contribution in [0.25, 0.3) is 11.3 Å². The van der Waals surface area contributed by atoms with Crippen molar-refractivity contribution in [2.24, 2.45) is 0 Å². The van der Waals surface area contributed by atoms with E-state index in [-0.39, 0.29) is 5.91 Å². The van der Waals surface area contributed by atoms with E-state index in [4.69, 9.17) is 0 Å². The molecule has 0 spiro atoms. The van der Waals surface area contributed by atoms with Crippen molar-refractivity contribution in [3.63, 3.8) is 0 Å². The second-order valence-electron chi connectivity index (χ2n) is 7.74. The van der Waals surface area contributed by atoms with Gasteiger partial charge in [0.25, 0.3) is 0 Å². The lowest BCUT2D eigenvalue weighted by Crippen LogP contribution is -2.14. The molecule has 0 atom stereocenters. The molecule has 2 heterocycles. The zero-order valence-corrected chi connectivity index (χ0v) is 19.3. The average molecular weight is 442 g/mol. The fraction of sp³-hybridized carbons (Fsp3) is 0.455. The molecule has 1 aromatic carbocycles. The number of carbonyl (C=O) groups is 1. The molecule has 1 fully saturated rings. The largest absolute Gasteiger partial charge is 0.306 e.